The van der Waals surface area contributed by atoms with Crippen molar-refractivity contribution in [1.82, 2.24) is 29.9 Å². The van der Waals surface area contributed by atoms with Crippen LogP contribution in [0.4, 0.5) is 0 Å². The van der Waals surface area contributed by atoms with Gasteiger partial charge in [-0.1, -0.05) is 16.8 Å². The molecule has 3 aromatic rings. The van der Waals surface area contributed by atoms with Gasteiger partial charge in [0.1, 0.15) is 0 Å². The van der Waals surface area contributed by atoms with Crippen molar-refractivity contribution in [3.8, 4) is 17.1 Å². The standard InChI is InChI=1S/C17H20N6O/c1-12-3-4-14(23-8-6-19-11-23)13(9-12)17-20-16(21-24-17)15-10-18-5-7-22(15)2/h3-4,6,8-9,11,15,18H,5,7,10H2,1-2H3. The molecule has 7 heteroatoms. The van der Waals surface area contributed by atoms with Crippen LogP contribution in [-0.2, 0) is 0 Å². The van der Waals surface area contributed by atoms with Crippen LogP contribution in [0.2, 0.25) is 0 Å². The fraction of sp³-hybridized carbons (Fsp3) is 0.353. The Morgan fingerprint density at radius 2 is 2.25 bits per heavy atom. The first kappa shape index (κ1) is 15.0. The van der Waals surface area contributed by atoms with Gasteiger partial charge in [0.05, 0.1) is 23.6 Å². The molecule has 1 aliphatic heterocycles. The van der Waals surface area contributed by atoms with Crippen LogP contribution in [0.5, 0.6) is 0 Å². The van der Waals surface area contributed by atoms with E-state index in [-0.39, 0.29) is 6.04 Å². The van der Waals surface area contributed by atoms with E-state index in [0.717, 1.165) is 42.3 Å². The SMILES string of the molecule is Cc1ccc(-n2ccnc2)c(-c2nc(C3CNCCN3C)no2)c1. The highest BCUT2D eigenvalue weighted by Gasteiger charge is 2.26. The molecule has 24 heavy (non-hydrogen) atoms. The molecule has 1 saturated heterocycles. The van der Waals surface area contributed by atoms with Crippen molar-refractivity contribution in [2.24, 2.45) is 0 Å². The Hall–Kier alpha value is -2.51. The van der Waals surface area contributed by atoms with Crippen LogP contribution in [-0.4, -0.2) is 51.3 Å². The van der Waals surface area contributed by atoms with Gasteiger partial charge in [-0.25, -0.2) is 4.98 Å². The van der Waals surface area contributed by atoms with Gasteiger partial charge in [0.25, 0.3) is 5.89 Å². The number of benzene rings is 1. The van der Waals surface area contributed by atoms with E-state index >= 15 is 0 Å². The molecular formula is C17H20N6O. The Balaban J connectivity index is 1.73. The number of hydrogen-bond donors (Lipinski definition) is 1. The Labute approximate surface area is 140 Å². The number of hydrogen-bond acceptors (Lipinski definition) is 6. The van der Waals surface area contributed by atoms with E-state index in [1.807, 2.05) is 16.8 Å². The van der Waals surface area contributed by atoms with Crippen molar-refractivity contribution in [3.63, 3.8) is 0 Å². The molecule has 1 unspecified atom stereocenters. The van der Waals surface area contributed by atoms with Gasteiger partial charge in [0.15, 0.2) is 5.82 Å². The Morgan fingerprint density at radius 1 is 1.33 bits per heavy atom. The summed E-state index contributed by atoms with van der Waals surface area (Å²) in [6.45, 7) is 4.84. The molecule has 0 amide bonds. The minimum absolute atomic E-state index is 0.137. The summed E-state index contributed by atoms with van der Waals surface area (Å²) < 4.78 is 7.55. The predicted octanol–water partition coefficient (Wildman–Crippen LogP) is 1.81. The smallest absolute Gasteiger partial charge is 0.260 e. The topological polar surface area (TPSA) is 72.0 Å². The number of likely N-dealkylation sites (N-methyl/N-ethyl adjacent to an activating group) is 1. The summed E-state index contributed by atoms with van der Waals surface area (Å²) in [5.74, 6) is 1.26. The zero-order valence-corrected chi connectivity index (χ0v) is 13.8. The molecule has 0 saturated carbocycles. The maximum absolute atomic E-state index is 5.60. The third-order valence-electron chi connectivity index (χ3n) is 4.42. The van der Waals surface area contributed by atoms with Crippen molar-refractivity contribution in [1.29, 1.82) is 0 Å². The summed E-state index contributed by atoms with van der Waals surface area (Å²) in [5, 5.41) is 7.61. The van der Waals surface area contributed by atoms with Crippen LogP contribution in [0.1, 0.15) is 17.4 Å². The maximum atomic E-state index is 5.60. The molecule has 1 aromatic carbocycles. The second kappa shape index (κ2) is 6.18. The molecule has 1 fully saturated rings. The van der Waals surface area contributed by atoms with Crippen molar-refractivity contribution >= 4 is 0 Å². The molecule has 0 bridgehead atoms. The van der Waals surface area contributed by atoms with E-state index < -0.39 is 0 Å². The number of nitrogens with one attached hydrogen (secondary N) is 1. The van der Waals surface area contributed by atoms with E-state index in [1.165, 1.54) is 0 Å². The fourth-order valence-electron chi connectivity index (χ4n) is 3.02. The molecule has 1 aliphatic rings. The second-order valence-corrected chi connectivity index (χ2v) is 6.15. The first-order chi connectivity index (χ1) is 11.7. The summed E-state index contributed by atoms with van der Waals surface area (Å²) >= 11 is 0. The number of rotatable bonds is 3. The number of aryl methyl sites for hydroxylation is 1. The molecule has 0 aliphatic carbocycles. The third-order valence-corrected chi connectivity index (χ3v) is 4.42. The molecule has 0 radical (unpaired) electrons. The molecule has 3 heterocycles. The van der Waals surface area contributed by atoms with Gasteiger partial charge in [-0.2, -0.15) is 4.98 Å². The van der Waals surface area contributed by atoms with Crippen molar-refractivity contribution in [3.05, 3.63) is 48.3 Å². The van der Waals surface area contributed by atoms with Gasteiger partial charge in [-0.3, -0.25) is 4.90 Å². The number of piperazine rings is 1. The van der Waals surface area contributed by atoms with Gasteiger partial charge in [0.2, 0.25) is 0 Å². The van der Waals surface area contributed by atoms with E-state index in [1.54, 1.807) is 12.5 Å². The van der Waals surface area contributed by atoms with Crippen LogP contribution >= 0.6 is 0 Å². The Bertz CT molecular complexity index is 825. The van der Waals surface area contributed by atoms with E-state index in [0.29, 0.717) is 5.89 Å². The third kappa shape index (κ3) is 2.72. The van der Waals surface area contributed by atoms with E-state index in [9.17, 15) is 0 Å². The molecule has 7 nitrogen and oxygen atoms in total. The van der Waals surface area contributed by atoms with Gasteiger partial charge in [-0.05, 0) is 26.1 Å². The summed E-state index contributed by atoms with van der Waals surface area (Å²) in [5.41, 5.74) is 3.03. The Morgan fingerprint density at radius 3 is 3.04 bits per heavy atom. The zero-order chi connectivity index (χ0) is 16.5. The highest BCUT2D eigenvalue weighted by atomic mass is 16.5. The Kier molecular flexibility index (Phi) is 3.87. The number of aromatic nitrogens is 4. The average molecular weight is 324 g/mol. The van der Waals surface area contributed by atoms with Gasteiger partial charge in [-0.15, -0.1) is 0 Å². The molecular weight excluding hydrogens is 304 g/mol. The monoisotopic (exact) mass is 324 g/mol. The first-order valence-corrected chi connectivity index (χ1v) is 8.06. The minimum atomic E-state index is 0.137. The first-order valence-electron chi connectivity index (χ1n) is 8.06. The van der Waals surface area contributed by atoms with Crippen molar-refractivity contribution in [2.75, 3.05) is 26.7 Å². The highest BCUT2D eigenvalue weighted by molar-refractivity contribution is 5.67. The fourth-order valence-corrected chi connectivity index (χ4v) is 3.02. The highest BCUT2D eigenvalue weighted by Crippen LogP contribution is 2.28. The summed E-state index contributed by atoms with van der Waals surface area (Å²) in [4.78, 5) is 11.0. The molecule has 4 rings (SSSR count). The molecule has 124 valence electrons. The maximum Gasteiger partial charge on any atom is 0.260 e. The lowest BCUT2D eigenvalue weighted by atomic mass is 10.1. The number of imidazole rings is 1. The summed E-state index contributed by atoms with van der Waals surface area (Å²) in [6.07, 6.45) is 5.43. The average Bonchev–Trinajstić information content (AvgIpc) is 3.27. The lowest BCUT2D eigenvalue weighted by Gasteiger charge is -2.30. The van der Waals surface area contributed by atoms with Crippen LogP contribution in [0.3, 0.4) is 0 Å². The van der Waals surface area contributed by atoms with Gasteiger partial charge >= 0.3 is 0 Å². The predicted molar refractivity (Wildman–Crippen MR) is 89.8 cm³/mol. The normalized spacial score (nSPS) is 18.8. The van der Waals surface area contributed by atoms with Crippen LogP contribution < -0.4 is 5.32 Å². The minimum Gasteiger partial charge on any atom is -0.334 e. The van der Waals surface area contributed by atoms with Crippen LogP contribution in [0, 0.1) is 6.92 Å². The van der Waals surface area contributed by atoms with Gasteiger partial charge in [0, 0.05) is 32.0 Å². The zero-order valence-electron chi connectivity index (χ0n) is 13.8. The quantitative estimate of drug-likeness (QED) is 0.792. The second-order valence-electron chi connectivity index (χ2n) is 6.15. The summed E-state index contributed by atoms with van der Waals surface area (Å²) in [6, 6.07) is 6.31. The lowest BCUT2D eigenvalue weighted by molar-refractivity contribution is 0.190. The van der Waals surface area contributed by atoms with Crippen molar-refractivity contribution in [2.45, 2.75) is 13.0 Å². The molecule has 2 aromatic heterocycles. The summed E-state index contributed by atoms with van der Waals surface area (Å²) in [7, 11) is 2.09. The van der Waals surface area contributed by atoms with Crippen LogP contribution in [0.15, 0.2) is 41.4 Å². The number of nitrogens with zero attached hydrogens (tertiary/aromatic N) is 5. The van der Waals surface area contributed by atoms with Crippen molar-refractivity contribution < 1.29 is 4.52 Å². The van der Waals surface area contributed by atoms with Gasteiger partial charge < -0.3 is 14.4 Å². The lowest BCUT2D eigenvalue weighted by Crippen LogP contribution is -2.44. The van der Waals surface area contributed by atoms with E-state index in [4.69, 9.17) is 4.52 Å². The van der Waals surface area contributed by atoms with E-state index in [2.05, 4.69) is 51.4 Å². The molecule has 1 N–H and O–H groups in total. The van der Waals surface area contributed by atoms with Crippen LogP contribution in [0.25, 0.3) is 17.1 Å². The largest absolute Gasteiger partial charge is 0.334 e. The molecule has 1 atom stereocenters. The molecule has 0 spiro atoms.